The fourth-order valence-electron chi connectivity index (χ4n) is 2.09. The lowest BCUT2D eigenvalue weighted by molar-refractivity contribution is -0.122. The first-order chi connectivity index (χ1) is 9.65. The molecule has 1 heterocycles. The topological polar surface area (TPSA) is 55.1 Å². The van der Waals surface area contributed by atoms with Gasteiger partial charge in [-0.05, 0) is 30.4 Å². The van der Waals surface area contributed by atoms with E-state index in [1.807, 2.05) is 48.7 Å². The maximum atomic E-state index is 12.1. The fraction of sp³-hybridized carbons (Fsp3) is 0.312. The van der Waals surface area contributed by atoms with E-state index >= 15 is 0 Å². The van der Waals surface area contributed by atoms with Crippen molar-refractivity contribution in [3.8, 4) is 0 Å². The van der Waals surface area contributed by atoms with Crippen LogP contribution in [0.3, 0.4) is 0 Å². The highest BCUT2D eigenvalue weighted by atomic mass is 32.1. The number of hydrogen-bond donors (Lipinski definition) is 2. The van der Waals surface area contributed by atoms with Crippen molar-refractivity contribution in [1.82, 2.24) is 5.32 Å². The number of benzene rings is 1. The van der Waals surface area contributed by atoms with Crippen LogP contribution in [0.4, 0.5) is 0 Å². The van der Waals surface area contributed by atoms with Crippen LogP contribution < -0.4 is 11.1 Å². The Balaban J connectivity index is 1.81. The molecule has 0 fully saturated rings. The average Bonchev–Trinajstić information content (AvgIpc) is 2.92. The molecule has 0 spiro atoms. The summed E-state index contributed by atoms with van der Waals surface area (Å²) in [5, 5.41) is 5.03. The lowest BCUT2D eigenvalue weighted by atomic mass is 10.1. The second kappa shape index (κ2) is 7.22. The van der Waals surface area contributed by atoms with Crippen molar-refractivity contribution in [2.75, 3.05) is 0 Å². The number of carbonyl (C=O) groups is 1. The molecule has 0 saturated carbocycles. The van der Waals surface area contributed by atoms with Crippen molar-refractivity contribution in [2.24, 2.45) is 5.73 Å². The molecular weight excluding hydrogens is 268 g/mol. The molecule has 3 nitrogen and oxygen atoms in total. The minimum atomic E-state index is -0.497. The Morgan fingerprint density at radius 3 is 2.60 bits per heavy atom. The predicted molar refractivity (Wildman–Crippen MR) is 83.7 cm³/mol. The summed E-state index contributed by atoms with van der Waals surface area (Å²) < 4.78 is 0. The fourth-order valence-corrected chi connectivity index (χ4v) is 2.93. The zero-order chi connectivity index (χ0) is 14.4. The monoisotopic (exact) mass is 288 g/mol. The lowest BCUT2D eigenvalue weighted by Gasteiger charge is -2.17. The number of nitrogens with two attached hydrogens (primary N) is 1. The van der Waals surface area contributed by atoms with Gasteiger partial charge in [0.1, 0.15) is 0 Å². The van der Waals surface area contributed by atoms with E-state index < -0.39 is 6.04 Å². The quantitative estimate of drug-likeness (QED) is 0.857. The third kappa shape index (κ3) is 4.47. The molecule has 1 aromatic carbocycles. The number of amides is 1. The Kier molecular flexibility index (Phi) is 5.32. The average molecular weight is 288 g/mol. The van der Waals surface area contributed by atoms with Crippen molar-refractivity contribution in [3.63, 3.8) is 0 Å². The van der Waals surface area contributed by atoms with Crippen molar-refractivity contribution >= 4 is 17.2 Å². The van der Waals surface area contributed by atoms with Gasteiger partial charge in [0.15, 0.2) is 0 Å². The molecule has 0 aliphatic rings. The van der Waals surface area contributed by atoms with Crippen LogP contribution in [-0.2, 0) is 17.6 Å². The van der Waals surface area contributed by atoms with Gasteiger partial charge in [0.05, 0.1) is 6.04 Å². The number of rotatable bonds is 6. The molecule has 4 heteroatoms. The molecule has 2 aromatic rings. The van der Waals surface area contributed by atoms with E-state index in [1.54, 1.807) is 11.3 Å². The largest absolute Gasteiger partial charge is 0.352 e. The van der Waals surface area contributed by atoms with Crippen molar-refractivity contribution < 1.29 is 4.79 Å². The molecule has 3 N–H and O–H groups in total. The summed E-state index contributed by atoms with van der Waals surface area (Å²) >= 11 is 1.71. The van der Waals surface area contributed by atoms with Gasteiger partial charge in [0.25, 0.3) is 0 Å². The van der Waals surface area contributed by atoms with E-state index in [1.165, 1.54) is 4.88 Å². The summed E-state index contributed by atoms with van der Waals surface area (Å²) in [6.45, 7) is 2.01. The Hall–Kier alpha value is -1.65. The van der Waals surface area contributed by atoms with Crippen LogP contribution in [0.15, 0.2) is 47.8 Å². The molecular formula is C16H20N2OS. The van der Waals surface area contributed by atoms with Gasteiger partial charge < -0.3 is 11.1 Å². The second-order valence-corrected chi connectivity index (χ2v) is 6.02. The van der Waals surface area contributed by atoms with Crippen LogP contribution in [0.1, 0.15) is 17.4 Å². The highest BCUT2D eigenvalue weighted by molar-refractivity contribution is 7.09. The molecule has 0 aliphatic heterocycles. The van der Waals surface area contributed by atoms with Gasteiger partial charge in [-0.1, -0.05) is 36.4 Å². The standard InChI is InChI=1S/C16H20N2OS/c1-12(10-14-8-5-9-20-14)18-16(19)15(17)11-13-6-3-2-4-7-13/h2-9,12,15H,10-11,17H2,1H3,(H,18,19). The normalized spacial score (nSPS) is 13.7. The van der Waals surface area contributed by atoms with E-state index in [9.17, 15) is 4.79 Å². The third-order valence-electron chi connectivity index (χ3n) is 3.11. The molecule has 106 valence electrons. The molecule has 2 atom stereocenters. The third-order valence-corrected chi connectivity index (χ3v) is 4.01. The molecule has 0 radical (unpaired) electrons. The van der Waals surface area contributed by atoms with Gasteiger partial charge >= 0.3 is 0 Å². The van der Waals surface area contributed by atoms with Crippen molar-refractivity contribution in [2.45, 2.75) is 31.8 Å². The van der Waals surface area contributed by atoms with Crippen molar-refractivity contribution in [3.05, 3.63) is 58.3 Å². The van der Waals surface area contributed by atoms with E-state index in [2.05, 4.69) is 11.4 Å². The van der Waals surface area contributed by atoms with E-state index in [0.29, 0.717) is 6.42 Å². The SMILES string of the molecule is CC(Cc1cccs1)NC(=O)C(N)Cc1ccccc1. The molecule has 2 rings (SSSR count). The summed E-state index contributed by atoms with van der Waals surface area (Å²) in [6, 6.07) is 13.6. The Labute approximate surface area is 123 Å². The van der Waals surface area contributed by atoms with Crippen molar-refractivity contribution in [1.29, 1.82) is 0 Å². The van der Waals surface area contributed by atoms with Gasteiger partial charge in [-0.25, -0.2) is 0 Å². The second-order valence-electron chi connectivity index (χ2n) is 4.99. The smallest absolute Gasteiger partial charge is 0.237 e. The molecule has 0 saturated heterocycles. The maximum absolute atomic E-state index is 12.1. The molecule has 0 aliphatic carbocycles. The lowest BCUT2D eigenvalue weighted by Crippen LogP contribution is -2.46. The minimum Gasteiger partial charge on any atom is -0.352 e. The number of hydrogen-bond acceptors (Lipinski definition) is 3. The van der Waals surface area contributed by atoms with Gasteiger partial charge in [-0.3, -0.25) is 4.79 Å². The Morgan fingerprint density at radius 1 is 1.20 bits per heavy atom. The van der Waals surface area contributed by atoms with Crippen LogP contribution in [0.5, 0.6) is 0 Å². The zero-order valence-electron chi connectivity index (χ0n) is 11.6. The zero-order valence-corrected chi connectivity index (χ0v) is 12.4. The summed E-state index contributed by atoms with van der Waals surface area (Å²) in [4.78, 5) is 13.3. The first-order valence-corrected chi connectivity index (χ1v) is 7.65. The van der Waals surface area contributed by atoms with Crippen LogP contribution in [0, 0.1) is 0 Å². The summed E-state index contributed by atoms with van der Waals surface area (Å²) in [5.74, 6) is -0.0853. The molecule has 20 heavy (non-hydrogen) atoms. The van der Waals surface area contributed by atoms with Gasteiger partial charge in [-0.15, -0.1) is 11.3 Å². The van der Waals surface area contributed by atoms with Gasteiger partial charge in [0.2, 0.25) is 5.91 Å². The molecule has 1 amide bonds. The van der Waals surface area contributed by atoms with E-state index in [0.717, 1.165) is 12.0 Å². The first kappa shape index (κ1) is 14.8. The molecule has 2 unspecified atom stereocenters. The maximum Gasteiger partial charge on any atom is 0.237 e. The minimum absolute atomic E-state index is 0.0853. The Bertz CT molecular complexity index is 525. The van der Waals surface area contributed by atoms with Gasteiger partial charge in [-0.2, -0.15) is 0 Å². The number of carbonyl (C=O) groups excluding carboxylic acids is 1. The van der Waals surface area contributed by atoms with Crippen LogP contribution in [-0.4, -0.2) is 18.0 Å². The van der Waals surface area contributed by atoms with Crippen LogP contribution in [0.25, 0.3) is 0 Å². The molecule has 1 aromatic heterocycles. The summed E-state index contributed by atoms with van der Waals surface area (Å²) in [6.07, 6.45) is 1.42. The van der Waals surface area contributed by atoms with Gasteiger partial charge in [0, 0.05) is 17.3 Å². The van der Waals surface area contributed by atoms with Crippen LogP contribution >= 0.6 is 11.3 Å². The predicted octanol–water partition coefficient (Wildman–Crippen LogP) is 2.37. The number of nitrogens with one attached hydrogen (secondary N) is 1. The first-order valence-electron chi connectivity index (χ1n) is 6.77. The van der Waals surface area contributed by atoms with E-state index in [-0.39, 0.29) is 11.9 Å². The van der Waals surface area contributed by atoms with Crippen LogP contribution in [0.2, 0.25) is 0 Å². The summed E-state index contributed by atoms with van der Waals surface area (Å²) in [5.41, 5.74) is 7.05. The highest BCUT2D eigenvalue weighted by Gasteiger charge is 2.16. The summed E-state index contributed by atoms with van der Waals surface area (Å²) in [7, 11) is 0. The van der Waals surface area contributed by atoms with E-state index in [4.69, 9.17) is 5.73 Å². The number of thiophene rings is 1. The Morgan fingerprint density at radius 2 is 1.95 bits per heavy atom. The highest BCUT2D eigenvalue weighted by Crippen LogP contribution is 2.11. The molecule has 0 bridgehead atoms.